The Balaban J connectivity index is 1.57. The molecule has 0 spiro atoms. The van der Waals surface area contributed by atoms with Crippen LogP contribution in [0.15, 0.2) is 72.8 Å². The summed E-state index contributed by atoms with van der Waals surface area (Å²) in [6.45, 7) is 3.16. The predicted octanol–water partition coefficient (Wildman–Crippen LogP) is 5.41. The van der Waals surface area contributed by atoms with E-state index in [0.717, 1.165) is 11.1 Å². The van der Waals surface area contributed by atoms with Gasteiger partial charge in [-0.3, -0.25) is 0 Å². The molecular formula is C30H35FN2O6. The first-order valence-corrected chi connectivity index (χ1v) is 12.9. The van der Waals surface area contributed by atoms with Crippen LogP contribution >= 0.6 is 0 Å². The zero-order chi connectivity index (χ0) is 28.0. The third-order valence-corrected chi connectivity index (χ3v) is 6.03. The fourth-order valence-corrected chi connectivity index (χ4v) is 3.97. The number of aryl methyl sites for hydroxylation is 1. The number of urea groups is 1. The molecule has 2 amide bonds. The monoisotopic (exact) mass is 538 g/mol. The van der Waals surface area contributed by atoms with Crippen molar-refractivity contribution in [1.82, 2.24) is 4.90 Å². The van der Waals surface area contributed by atoms with Crippen LogP contribution in [0.4, 0.5) is 14.9 Å². The van der Waals surface area contributed by atoms with Gasteiger partial charge >= 0.3 is 12.0 Å². The first-order chi connectivity index (χ1) is 18.9. The number of ether oxygens (including phenoxy) is 3. The van der Waals surface area contributed by atoms with Gasteiger partial charge < -0.3 is 29.5 Å². The molecule has 0 radical (unpaired) electrons. The predicted molar refractivity (Wildman–Crippen MR) is 147 cm³/mol. The summed E-state index contributed by atoms with van der Waals surface area (Å²) < 4.78 is 29.6. The molecule has 0 heterocycles. The van der Waals surface area contributed by atoms with Crippen LogP contribution in [0, 0.1) is 5.82 Å². The van der Waals surface area contributed by atoms with Gasteiger partial charge in [-0.2, -0.15) is 0 Å². The Morgan fingerprint density at radius 1 is 0.974 bits per heavy atom. The Labute approximate surface area is 228 Å². The number of carbonyl (C=O) groups excluding carboxylic acids is 1. The van der Waals surface area contributed by atoms with Crippen LogP contribution in [0.2, 0.25) is 0 Å². The summed E-state index contributed by atoms with van der Waals surface area (Å²) in [6.07, 6.45) is 0.755. The maximum atomic E-state index is 13.2. The van der Waals surface area contributed by atoms with Crippen LogP contribution in [0.5, 0.6) is 11.5 Å². The lowest BCUT2D eigenvalue weighted by Crippen LogP contribution is -2.38. The van der Waals surface area contributed by atoms with Crippen molar-refractivity contribution in [1.29, 1.82) is 0 Å². The molecule has 39 heavy (non-hydrogen) atoms. The summed E-state index contributed by atoms with van der Waals surface area (Å²) >= 11 is 0. The number of hydrogen-bond donors (Lipinski definition) is 2. The van der Waals surface area contributed by atoms with Gasteiger partial charge in [-0.05, 0) is 67.3 Å². The van der Waals surface area contributed by atoms with E-state index in [1.54, 1.807) is 79.6 Å². The SMILES string of the molecule is CCOC(Cc1ccc(OCCN(CCCc2ccc(F)cc2)C(=O)Nc2cccc(OC)c2)cc1)C(=O)O. The topological polar surface area (TPSA) is 97.3 Å². The summed E-state index contributed by atoms with van der Waals surface area (Å²) in [5.74, 6) is -0.0250. The molecule has 1 unspecified atom stereocenters. The minimum absolute atomic E-state index is 0.260. The summed E-state index contributed by atoms with van der Waals surface area (Å²) in [5, 5.41) is 12.2. The van der Waals surface area contributed by atoms with E-state index in [9.17, 15) is 19.1 Å². The fourth-order valence-electron chi connectivity index (χ4n) is 3.97. The van der Waals surface area contributed by atoms with Crippen molar-refractivity contribution in [2.24, 2.45) is 0 Å². The number of nitrogens with one attached hydrogen (secondary N) is 1. The molecule has 0 bridgehead atoms. The lowest BCUT2D eigenvalue weighted by Gasteiger charge is -2.23. The van der Waals surface area contributed by atoms with Crippen molar-refractivity contribution in [2.45, 2.75) is 32.3 Å². The largest absolute Gasteiger partial charge is 0.497 e. The van der Waals surface area contributed by atoms with Gasteiger partial charge in [0.05, 0.1) is 13.7 Å². The van der Waals surface area contributed by atoms with E-state index in [-0.39, 0.29) is 24.9 Å². The molecule has 0 saturated heterocycles. The van der Waals surface area contributed by atoms with Crippen LogP contribution in [0.1, 0.15) is 24.5 Å². The Kier molecular flexibility index (Phi) is 11.6. The second-order valence-corrected chi connectivity index (χ2v) is 8.86. The van der Waals surface area contributed by atoms with Crippen molar-refractivity contribution >= 4 is 17.7 Å². The molecule has 3 aromatic carbocycles. The van der Waals surface area contributed by atoms with E-state index in [2.05, 4.69) is 5.32 Å². The normalized spacial score (nSPS) is 11.5. The van der Waals surface area contributed by atoms with E-state index in [0.29, 0.717) is 49.7 Å². The number of carboxylic acid groups (broad SMARTS) is 1. The highest BCUT2D eigenvalue weighted by molar-refractivity contribution is 5.89. The smallest absolute Gasteiger partial charge is 0.333 e. The highest BCUT2D eigenvalue weighted by Gasteiger charge is 2.18. The first-order valence-electron chi connectivity index (χ1n) is 12.9. The van der Waals surface area contributed by atoms with Crippen molar-refractivity contribution in [2.75, 3.05) is 38.7 Å². The number of anilines is 1. The average Bonchev–Trinajstić information content (AvgIpc) is 2.93. The van der Waals surface area contributed by atoms with Crippen LogP contribution in [-0.4, -0.2) is 61.5 Å². The summed E-state index contributed by atoms with van der Waals surface area (Å²) in [5.41, 5.74) is 2.43. The van der Waals surface area contributed by atoms with E-state index in [1.807, 2.05) is 0 Å². The number of hydrogen-bond acceptors (Lipinski definition) is 5. The Hall–Kier alpha value is -4.11. The van der Waals surface area contributed by atoms with Gasteiger partial charge in [0.1, 0.15) is 23.9 Å². The molecule has 0 aliphatic carbocycles. The molecule has 9 heteroatoms. The van der Waals surface area contributed by atoms with Gasteiger partial charge in [-0.1, -0.05) is 30.3 Å². The lowest BCUT2D eigenvalue weighted by molar-refractivity contribution is -0.149. The fraction of sp³-hybridized carbons (Fsp3) is 0.333. The molecule has 0 fully saturated rings. The van der Waals surface area contributed by atoms with E-state index < -0.39 is 12.1 Å². The Morgan fingerprint density at radius 2 is 1.69 bits per heavy atom. The molecule has 0 aliphatic rings. The maximum Gasteiger partial charge on any atom is 0.333 e. The molecule has 1 atom stereocenters. The minimum Gasteiger partial charge on any atom is -0.497 e. The molecule has 2 N–H and O–H groups in total. The first kappa shape index (κ1) is 29.4. The highest BCUT2D eigenvalue weighted by Crippen LogP contribution is 2.18. The third kappa shape index (κ3) is 9.94. The van der Waals surface area contributed by atoms with Crippen LogP contribution < -0.4 is 14.8 Å². The highest BCUT2D eigenvalue weighted by atomic mass is 19.1. The molecule has 0 aliphatic heterocycles. The van der Waals surface area contributed by atoms with Gasteiger partial charge in [-0.25, -0.2) is 14.0 Å². The maximum absolute atomic E-state index is 13.2. The molecule has 208 valence electrons. The number of amides is 2. The zero-order valence-electron chi connectivity index (χ0n) is 22.3. The minimum atomic E-state index is -0.996. The number of methoxy groups -OCH3 is 1. The van der Waals surface area contributed by atoms with Crippen molar-refractivity contribution in [3.8, 4) is 11.5 Å². The van der Waals surface area contributed by atoms with Crippen LogP contribution in [-0.2, 0) is 22.4 Å². The van der Waals surface area contributed by atoms with Gasteiger partial charge in [0.15, 0.2) is 6.10 Å². The summed E-state index contributed by atoms with van der Waals surface area (Å²) in [7, 11) is 1.57. The number of halogens is 1. The zero-order valence-corrected chi connectivity index (χ0v) is 22.3. The molecule has 0 saturated carbocycles. The van der Waals surface area contributed by atoms with Gasteiger partial charge in [0, 0.05) is 31.3 Å². The van der Waals surface area contributed by atoms with E-state index in [4.69, 9.17) is 14.2 Å². The number of benzene rings is 3. The van der Waals surface area contributed by atoms with Gasteiger partial charge in [-0.15, -0.1) is 0 Å². The van der Waals surface area contributed by atoms with E-state index >= 15 is 0 Å². The number of carbonyl (C=O) groups is 2. The second kappa shape index (κ2) is 15.3. The lowest BCUT2D eigenvalue weighted by atomic mass is 10.1. The van der Waals surface area contributed by atoms with Crippen LogP contribution in [0.3, 0.4) is 0 Å². The number of aliphatic carboxylic acids is 1. The third-order valence-electron chi connectivity index (χ3n) is 6.03. The van der Waals surface area contributed by atoms with Crippen LogP contribution in [0.25, 0.3) is 0 Å². The van der Waals surface area contributed by atoms with Crippen molar-refractivity contribution < 1.29 is 33.3 Å². The van der Waals surface area contributed by atoms with Crippen molar-refractivity contribution in [3.05, 3.63) is 89.7 Å². The molecule has 0 aromatic heterocycles. The second-order valence-electron chi connectivity index (χ2n) is 8.86. The number of nitrogens with zero attached hydrogens (tertiary/aromatic N) is 1. The molecular weight excluding hydrogens is 503 g/mol. The number of carboxylic acids is 1. The van der Waals surface area contributed by atoms with Crippen molar-refractivity contribution in [3.63, 3.8) is 0 Å². The summed E-state index contributed by atoms with van der Waals surface area (Å²) in [6, 6.07) is 20.4. The molecule has 3 aromatic rings. The Morgan fingerprint density at radius 3 is 2.36 bits per heavy atom. The summed E-state index contributed by atoms with van der Waals surface area (Å²) in [4.78, 5) is 26.1. The molecule has 3 rings (SSSR count). The number of rotatable bonds is 15. The van der Waals surface area contributed by atoms with Gasteiger partial charge in [0.2, 0.25) is 0 Å². The quantitative estimate of drug-likeness (QED) is 0.269. The Bertz CT molecular complexity index is 1190. The molecule has 8 nitrogen and oxygen atoms in total. The van der Waals surface area contributed by atoms with Gasteiger partial charge in [0.25, 0.3) is 0 Å². The standard InChI is InChI=1S/C30H35FN2O6/c1-3-38-28(29(34)35)20-23-11-15-26(16-12-23)39-19-18-33(17-5-6-22-9-13-24(31)14-10-22)30(36)32-25-7-4-8-27(21-25)37-2/h4,7-16,21,28H,3,5-6,17-20H2,1-2H3,(H,32,36)(H,34,35). The van der Waals surface area contributed by atoms with E-state index in [1.165, 1.54) is 12.1 Å². The average molecular weight is 539 g/mol.